The van der Waals surface area contributed by atoms with E-state index in [2.05, 4.69) is 0 Å². The van der Waals surface area contributed by atoms with Crippen LogP contribution in [-0.4, -0.2) is 37.6 Å². The quantitative estimate of drug-likeness (QED) is 0.328. The van der Waals surface area contributed by atoms with E-state index in [-0.39, 0.29) is 29.2 Å². The van der Waals surface area contributed by atoms with E-state index in [9.17, 15) is 30.3 Å². The molecule has 0 fully saturated rings. The molecule has 0 saturated heterocycles. The Balaban J connectivity index is 1.69. The summed E-state index contributed by atoms with van der Waals surface area (Å²) in [6.07, 6.45) is -1.49. The average Bonchev–Trinajstić information content (AvgIpc) is 2.72. The summed E-state index contributed by atoms with van der Waals surface area (Å²) in [5.41, 5.74) is 0.907. The maximum atomic E-state index is 12.7. The number of fused-ring (bicyclic) bond motifs is 1. The zero-order valence-electron chi connectivity index (χ0n) is 15.5. The van der Waals surface area contributed by atoms with Gasteiger partial charge in [-0.1, -0.05) is 30.3 Å². The summed E-state index contributed by atoms with van der Waals surface area (Å²) in [5.74, 6) is -3.03. The molecule has 30 heavy (non-hydrogen) atoms. The van der Waals surface area contributed by atoms with Gasteiger partial charge in [-0.05, 0) is 17.7 Å². The largest absolute Gasteiger partial charge is 0.508 e. The number of aromatic hydroxyl groups is 5. The third-order valence-electron chi connectivity index (χ3n) is 4.86. The molecule has 0 bridgehead atoms. The predicted molar refractivity (Wildman–Crippen MR) is 104 cm³/mol. The van der Waals surface area contributed by atoms with Crippen molar-refractivity contribution in [2.24, 2.45) is 0 Å². The Bertz CT molecular complexity index is 1090. The van der Waals surface area contributed by atoms with Crippen molar-refractivity contribution in [1.82, 2.24) is 0 Å². The number of carbonyl (C=O) groups excluding carboxylic acids is 1. The highest BCUT2D eigenvalue weighted by Gasteiger charge is 2.36. The molecule has 1 aliphatic rings. The minimum absolute atomic E-state index is 0.1000. The van der Waals surface area contributed by atoms with Gasteiger partial charge in [0.2, 0.25) is 0 Å². The van der Waals surface area contributed by atoms with Gasteiger partial charge in [0, 0.05) is 24.1 Å². The SMILES string of the molecule is O=C(O[C@H]1Cc2c(O)cc(O)cc2O[C@@H]1c1ccccc1)c1cc(O)c(O)c(O)c1. The molecule has 0 radical (unpaired) electrons. The van der Waals surface area contributed by atoms with Crippen molar-refractivity contribution in [3.05, 3.63) is 71.3 Å². The third-order valence-corrected chi connectivity index (χ3v) is 4.86. The van der Waals surface area contributed by atoms with Crippen molar-refractivity contribution in [3.63, 3.8) is 0 Å². The molecule has 8 heteroatoms. The summed E-state index contributed by atoms with van der Waals surface area (Å²) in [7, 11) is 0. The van der Waals surface area contributed by atoms with Crippen LogP contribution in [0.4, 0.5) is 0 Å². The minimum atomic E-state index is -0.864. The van der Waals surface area contributed by atoms with Gasteiger partial charge in [0.15, 0.2) is 23.4 Å². The number of phenolic OH excluding ortho intramolecular Hbond substituents is 5. The van der Waals surface area contributed by atoms with Gasteiger partial charge in [-0.3, -0.25) is 0 Å². The number of esters is 1. The lowest BCUT2D eigenvalue weighted by atomic mass is 9.93. The Labute approximate surface area is 170 Å². The molecule has 4 rings (SSSR count). The molecule has 1 aliphatic heterocycles. The number of carbonyl (C=O) groups is 1. The molecule has 0 spiro atoms. The number of hydrogen-bond donors (Lipinski definition) is 5. The van der Waals surface area contributed by atoms with Crippen molar-refractivity contribution in [1.29, 1.82) is 0 Å². The highest BCUT2D eigenvalue weighted by molar-refractivity contribution is 5.91. The summed E-state index contributed by atoms with van der Waals surface area (Å²) in [5, 5.41) is 48.7. The second-order valence-corrected chi connectivity index (χ2v) is 6.90. The zero-order chi connectivity index (χ0) is 21.4. The Kier molecular flexibility index (Phi) is 4.75. The van der Waals surface area contributed by atoms with Crippen LogP contribution in [0.3, 0.4) is 0 Å². The van der Waals surface area contributed by atoms with E-state index in [4.69, 9.17) is 9.47 Å². The first-order valence-corrected chi connectivity index (χ1v) is 9.06. The molecule has 8 nitrogen and oxygen atoms in total. The zero-order valence-corrected chi connectivity index (χ0v) is 15.5. The molecule has 0 amide bonds. The molecule has 0 aromatic heterocycles. The van der Waals surface area contributed by atoms with Crippen LogP contribution >= 0.6 is 0 Å². The highest BCUT2D eigenvalue weighted by Crippen LogP contribution is 2.43. The second-order valence-electron chi connectivity index (χ2n) is 6.90. The van der Waals surface area contributed by atoms with Gasteiger partial charge < -0.3 is 35.0 Å². The van der Waals surface area contributed by atoms with Crippen LogP contribution in [0, 0.1) is 0 Å². The molecular weight excluding hydrogens is 392 g/mol. The molecule has 1 heterocycles. The van der Waals surface area contributed by atoms with E-state index in [1.54, 1.807) is 24.3 Å². The average molecular weight is 410 g/mol. The smallest absolute Gasteiger partial charge is 0.338 e. The monoisotopic (exact) mass is 410 g/mol. The van der Waals surface area contributed by atoms with Crippen LogP contribution in [-0.2, 0) is 11.2 Å². The fourth-order valence-corrected chi connectivity index (χ4v) is 3.40. The lowest BCUT2D eigenvalue weighted by molar-refractivity contribution is -0.0188. The second kappa shape index (κ2) is 7.40. The lowest BCUT2D eigenvalue weighted by Gasteiger charge is -2.34. The summed E-state index contributed by atoms with van der Waals surface area (Å²) in [6, 6.07) is 13.5. The van der Waals surface area contributed by atoms with Gasteiger partial charge >= 0.3 is 5.97 Å². The van der Waals surface area contributed by atoms with Crippen molar-refractivity contribution >= 4 is 5.97 Å². The van der Waals surface area contributed by atoms with E-state index in [1.807, 2.05) is 6.07 Å². The first-order chi connectivity index (χ1) is 14.3. The van der Waals surface area contributed by atoms with Crippen molar-refractivity contribution in [3.8, 4) is 34.5 Å². The van der Waals surface area contributed by atoms with E-state index in [0.29, 0.717) is 11.1 Å². The summed E-state index contributed by atoms with van der Waals surface area (Å²) in [6.45, 7) is 0. The number of hydrogen-bond acceptors (Lipinski definition) is 8. The molecule has 3 aromatic rings. The highest BCUT2D eigenvalue weighted by atomic mass is 16.6. The Morgan fingerprint density at radius 3 is 2.23 bits per heavy atom. The maximum Gasteiger partial charge on any atom is 0.338 e. The predicted octanol–water partition coefficient (Wildman–Crippen LogP) is 3.12. The van der Waals surface area contributed by atoms with Crippen LogP contribution < -0.4 is 4.74 Å². The maximum absolute atomic E-state index is 12.7. The Hall–Kier alpha value is -4.07. The van der Waals surface area contributed by atoms with Gasteiger partial charge in [-0.2, -0.15) is 0 Å². The molecule has 154 valence electrons. The number of ether oxygens (including phenoxy) is 2. The topological polar surface area (TPSA) is 137 Å². The Morgan fingerprint density at radius 1 is 0.900 bits per heavy atom. The van der Waals surface area contributed by atoms with Gasteiger partial charge in [-0.15, -0.1) is 0 Å². The van der Waals surface area contributed by atoms with Crippen molar-refractivity contribution in [2.45, 2.75) is 18.6 Å². The molecule has 5 N–H and O–H groups in total. The van der Waals surface area contributed by atoms with E-state index in [0.717, 1.165) is 12.1 Å². The van der Waals surface area contributed by atoms with Gasteiger partial charge in [0.1, 0.15) is 23.4 Å². The molecule has 0 aliphatic carbocycles. The minimum Gasteiger partial charge on any atom is -0.508 e. The van der Waals surface area contributed by atoms with E-state index >= 15 is 0 Å². The van der Waals surface area contributed by atoms with Crippen LogP contribution in [0.15, 0.2) is 54.6 Å². The summed E-state index contributed by atoms with van der Waals surface area (Å²) < 4.78 is 11.6. The normalized spacial score (nSPS) is 17.6. The molecule has 2 atom stereocenters. The first-order valence-electron chi connectivity index (χ1n) is 9.06. The first kappa shape index (κ1) is 19.3. The number of benzene rings is 3. The van der Waals surface area contributed by atoms with E-state index < -0.39 is 35.4 Å². The standard InChI is InChI=1S/C22H18O8/c23-13-8-15(24)14-10-19(21(29-18(14)9-13)11-4-2-1-3-5-11)30-22(28)12-6-16(25)20(27)17(26)7-12/h1-9,19,21,23-27H,10H2/t19-,21+/m0/s1. The molecular formula is C22H18O8. The Morgan fingerprint density at radius 2 is 1.57 bits per heavy atom. The van der Waals surface area contributed by atoms with Crippen molar-refractivity contribution in [2.75, 3.05) is 0 Å². The van der Waals surface area contributed by atoms with Crippen molar-refractivity contribution < 1.29 is 39.8 Å². The van der Waals surface area contributed by atoms with Gasteiger partial charge in [0.25, 0.3) is 0 Å². The lowest BCUT2D eigenvalue weighted by Crippen LogP contribution is -2.34. The van der Waals surface area contributed by atoms with Gasteiger partial charge in [-0.25, -0.2) is 4.79 Å². The van der Waals surface area contributed by atoms with Crippen LogP contribution in [0.2, 0.25) is 0 Å². The molecule has 0 saturated carbocycles. The summed E-state index contributed by atoms with van der Waals surface area (Å²) in [4.78, 5) is 12.7. The number of rotatable bonds is 3. The van der Waals surface area contributed by atoms with Crippen LogP contribution in [0.25, 0.3) is 0 Å². The summed E-state index contributed by atoms with van der Waals surface area (Å²) >= 11 is 0. The van der Waals surface area contributed by atoms with E-state index in [1.165, 1.54) is 12.1 Å². The van der Waals surface area contributed by atoms with Crippen LogP contribution in [0.1, 0.15) is 27.6 Å². The number of phenols is 5. The van der Waals surface area contributed by atoms with Gasteiger partial charge in [0.05, 0.1) is 5.56 Å². The molecule has 3 aromatic carbocycles. The fraction of sp³-hybridized carbons (Fsp3) is 0.136. The third kappa shape index (κ3) is 3.50. The fourth-order valence-electron chi connectivity index (χ4n) is 3.40. The molecule has 0 unspecified atom stereocenters. The van der Waals surface area contributed by atoms with Crippen LogP contribution in [0.5, 0.6) is 34.5 Å².